The highest BCUT2D eigenvalue weighted by Gasteiger charge is 2.36. The number of hydrogen-bond donors (Lipinski definition) is 1. The molecule has 0 saturated carbocycles. The molecule has 110 valence electrons. The van der Waals surface area contributed by atoms with Crippen molar-refractivity contribution in [3.63, 3.8) is 0 Å². The van der Waals surface area contributed by atoms with Crippen molar-refractivity contribution in [3.05, 3.63) is 35.9 Å². The van der Waals surface area contributed by atoms with E-state index in [2.05, 4.69) is 0 Å². The van der Waals surface area contributed by atoms with Gasteiger partial charge in [0.1, 0.15) is 12.7 Å². The summed E-state index contributed by atoms with van der Waals surface area (Å²) in [5.41, 5.74) is 0.938. The number of hydrogen-bond acceptors (Lipinski definition) is 4. The van der Waals surface area contributed by atoms with Gasteiger partial charge in [-0.05, 0) is 19.4 Å². The van der Waals surface area contributed by atoms with Crippen LogP contribution in [0.3, 0.4) is 0 Å². The molecule has 5 nitrogen and oxygen atoms in total. The summed E-state index contributed by atoms with van der Waals surface area (Å²) in [4.78, 5) is 13.8. The lowest BCUT2D eigenvalue weighted by Gasteiger charge is -2.32. The van der Waals surface area contributed by atoms with Gasteiger partial charge in [-0.15, -0.1) is 0 Å². The number of rotatable bonds is 4. The first-order valence-corrected chi connectivity index (χ1v) is 6.84. The Hall–Kier alpha value is -1.59. The van der Waals surface area contributed by atoms with E-state index in [0.717, 1.165) is 5.56 Å². The number of carbonyl (C=O) groups is 1. The molecule has 0 bridgehead atoms. The maximum absolute atomic E-state index is 12.2. The average molecular weight is 279 g/mol. The summed E-state index contributed by atoms with van der Waals surface area (Å²) in [5.74, 6) is 0. The van der Waals surface area contributed by atoms with Crippen molar-refractivity contribution >= 4 is 6.09 Å². The summed E-state index contributed by atoms with van der Waals surface area (Å²) in [6.07, 6.45) is -1.07. The minimum Gasteiger partial charge on any atom is -0.445 e. The standard InChI is InChI=1S/C15H21NO4/c1-11(2)16(13-9-19-10-14(13)17)15(18)20-8-12-6-4-3-5-7-12/h3-7,11,13-14,17H,8-10H2,1-2H3/t13-,14-/m1/s1. The lowest BCUT2D eigenvalue weighted by molar-refractivity contribution is 0.0368. The fraction of sp³-hybridized carbons (Fsp3) is 0.533. The molecule has 1 aliphatic heterocycles. The van der Waals surface area contributed by atoms with Crippen molar-refractivity contribution in [2.75, 3.05) is 13.2 Å². The van der Waals surface area contributed by atoms with Crippen LogP contribution in [0.5, 0.6) is 0 Å². The number of benzene rings is 1. The van der Waals surface area contributed by atoms with Gasteiger partial charge < -0.3 is 14.6 Å². The van der Waals surface area contributed by atoms with E-state index in [-0.39, 0.29) is 25.3 Å². The van der Waals surface area contributed by atoms with Crippen LogP contribution in [0, 0.1) is 0 Å². The van der Waals surface area contributed by atoms with Crippen molar-refractivity contribution in [1.82, 2.24) is 4.90 Å². The second kappa shape index (κ2) is 6.72. The van der Waals surface area contributed by atoms with E-state index in [1.807, 2.05) is 44.2 Å². The van der Waals surface area contributed by atoms with Gasteiger partial charge in [0, 0.05) is 6.04 Å². The van der Waals surface area contributed by atoms with Crippen molar-refractivity contribution in [2.45, 2.75) is 38.6 Å². The van der Waals surface area contributed by atoms with E-state index in [9.17, 15) is 9.90 Å². The summed E-state index contributed by atoms with van der Waals surface area (Å²) >= 11 is 0. The molecule has 1 aliphatic rings. The Morgan fingerprint density at radius 3 is 2.65 bits per heavy atom. The molecule has 5 heteroatoms. The van der Waals surface area contributed by atoms with Gasteiger partial charge in [-0.25, -0.2) is 4.79 Å². The predicted octanol–water partition coefficient (Wildman–Crippen LogP) is 1.79. The second-order valence-electron chi connectivity index (χ2n) is 5.21. The largest absolute Gasteiger partial charge is 0.445 e. The van der Waals surface area contributed by atoms with Crippen LogP contribution < -0.4 is 0 Å². The molecule has 0 aromatic heterocycles. The van der Waals surface area contributed by atoms with E-state index in [4.69, 9.17) is 9.47 Å². The van der Waals surface area contributed by atoms with Crippen molar-refractivity contribution in [2.24, 2.45) is 0 Å². The summed E-state index contributed by atoms with van der Waals surface area (Å²) in [5, 5.41) is 9.87. The van der Waals surface area contributed by atoms with Gasteiger partial charge in [0.05, 0.1) is 19.3 Å². The van der Waals surface area contributed by atoms with Gasteiger partial charge in [-0.2, -0.15) is 0 Å². The van der Waals surface area contributed by atoms with Crippen LogP contribution in [0.15, 0.2) is 30.3 Å². The summed E-state index contributed by atoms with van der Waals surface area (Å²) < 4.78 is 10.5. The Labute approximate surface area is 119 Å². The first-order valence-electron chi connectivity index (χ1n) is 6.84. The van der Waals surface area contributed by atoms with Crippen LogP contribution in [0.4, 0.5) is 4.79 Å². The molecule has 0 spiro atoms. The Balaban J connectivity index is 1.97. The van der Waals surface area contributed by atoms with E-state index in [1.54, 1.807) is 4.90 Å². The van der Waals surface area contributed by atoms with Gasteiger partial charge in [0.15, 0.2) is 0 Å². The Morgan fingerprint density at radius 2 is 2.10 bits per heavy atom. The highest BCUT2D eigenvalue weighted by Crippen LogP contribution is 2.18. The highest BCUT2D eigenvalue weighted by molar-refractivity contribution is 5.68. The zero-order chi connectivity index (χ0) is 14.5. The van der Waals surface area contributed by atoms with Crippen LogP contribution in [0.1, 0.15) is 19.4 Å². The molecule has 1 amide bonds. The number of aliphatic hydroxyl groups excluding tert-OH is 1. The highest BCUT2D eigenvalue weighted by atomic mass is 16.6. The minimum absolute atomic E-state index is 0.0559. The summed E-state index contributed by atoms with van der Waals surface area (Å²) in [6, 6.07) is 9.13. The fourth-order valence-electron chi connectivity index (χ4n) is 2.32. The summed E-state index contributed by atoms with van der Waals surface area (Å²) in [7, 11) is 0. The zero-order valence-corrected chi connectivity index (χ0v) is 11.9. The second-order valence-corrected chi connectivity index (χ2v) is 5.21. The molecular formula is C15H21NO4. The van der Waals surface area contributed by atoms with Crippen molar-refractivity contribution < 1.29 is 19.4 Å². The molecule has 1 fully saturated rings. The van der Waals surface area contributed by atoms with E-state index in [1.165, 1.54) is 0 Å². The topological polar surface area (TPSA) is 59.0 Å². The van der Waals surface area contributed by atoms with Crippen molar-refractivity contribution in [3.8, 4) is 0 Å². The van der Waals surface area contributed by atoms with E-state index in [0.29, 0.717) is 6.61 Å². The predicted molar refractivity (Wildman–Crippen MR) is 74.2 cm³/mol. The molecule has 1 aromatic rings. The molecule has 20 heavy (non-hydrogen) atoms. The number of carbonyl (C=O) groups excluding carboxylic acids is 1. The molecule has 0 unspecified atom stereocenters. The molecule has 0 radical (unpaired) electrons. The van der Waals surface area contributed by atoms with Crippen LogP contribution in [-0.4, -0.2) is 47.5 Å². The third kappa shape index (κ3) is 3.49. The molecule has 0 aliphatic carbocycles. The third-order valence-electron chi connectivity index (χ3n) is 3.35. The molecule has 1 heterocycles. The molecule has 1 N–H and O–H groups in total. The van der Waals surface area contributed by atoms with Crippen LogP contribution >= 0.6 is 0 Å². The third-order valence-corrected chi connectivity index (χ3v) is 3.35. The quantitative estimate of drug-likeness (QED) is 0.913. The molecule has 2 atom stereocenters. The molecular weight excluding hydrogens is 258 g/mol. The molecule has 2 rings (SSSR count). The van der Waals surface area contributed by atoms with Gasteiger partial charge in [-0.1, -0.05) is 30.3 Å². The average Bonchev–Trinajstić information content (AvgIpc) is 2.84. The maximum atomic E-state index is 12.2. The Bertz CT molecular complexity index is 435. The number of ether oxygens (including phenoxy) is 2. The summed E-state index contributed by atoms with van der Waals surface area (Å²) in [6.45, 7) is 4.63. The Kier molecular flexibility index (Phi) is 4.98. The maximum Gasteiger partial charge on any atom is 0.410 e. The molecule has 1 saturated heterocycles. The minimum atomic E-state index is -0.651. The van der Waals surface area contributed by atoms with Gasteiger partial charge >= 0.3 is 6.09 Å². The number of nitrogens with zero attached hydrogens (tertiary/aromatic N) is 1. The SMILES string of the molecule is CC(C)N(C(=O)OCc1ccccc1)[C@@H]1COC[C@H]1O. The van der Waals surface area contributed by atoms with Gasteiger partial charge in [-0.3, -0.25) is 4.90 Å². The first kappa shape index (κ1) is 14.8. The lowest BCUT2D eigenvalue weighted by atomic mass is 10.1. The van der Waals surface area contributed by atoms with Crippen molar-refractivity contribution in [1.29, 1.82) is 0 Å². The number of aliphatic hydroxyl groups is 1. The number of amides is 1. The molecule has 1 aromatic carbocycles. The van der Waals surface area contributed by atoms with E-state index >= 15 is 0 Å². The van der Waals surface area contributed by atoms with Crippen LogP contribution in [-0.2, 0) is 16.1 Å². The first-order chi connectivity index (χ1) is 9.59. The van der Waals surface area contributed by atoms with Gasteiger partial charge in [0.25, 0.3) is 0 Å². The van der Waals surface area contributed by atoms with Crippen LogP contribution in [0.2, 0.25) is 0 Å². The van der Waals surface area contributed by atoms with E-state index < -0.39 is 12.2 Å². The van der Waals surface area contributed by atoms with Crippen LogP contribution in [0.25, 0.3) is 0 Å². The monoisotopic (exact) mass is 279 g/mol. The smallest absolute Gasteiger partial charge is 0.410 e. The zero-order valence-electron chi connectivity index (χ0n) is 11.9. The van der Waals surface area contributed by atoms with Gasteiger partial charge in [0.2, 0.25) is 0 Å². The Morgan fingerprint density at radius 1 is 1.40 bits per heavy atom. The lowest BCUT2D eigenvalue weighted by Crippen LogP contribution is -2.50. The fourth-order valence-corrected chi connectivity index (χ4v) is 2.32. The normalized spacial score (nSPS) is 22.0.